The lowest BCUT2D eigenvalue weighted by atomic mass is 9.73. The molecule has 1 saturated heterocycles. The fourth-order valence-corrected chi connectivity index (χ4v) is 10.1. The van der Waals surface area contributed by atoms with Gasteiger partial charge in [-0.15, -0.1) is 0 Å². The van der Waals surface area contributed by atoms with Crippen molar-refractivity contribution in [3.8, 4) is 0 Å². The molecule has 2 aliphatic rings. The van der Waals surface area contributed by atoms with Crippen molar-refractivity contribution < 1.29 is 8.78 Å². The predicted molar refractivity (Wildman–Crippen MR) is 129 cm³/mol. The van der Waals surface area contributed by atoms with Crippen molar-refractivity contribution in [2.75, 3.05) is 0 Å². The van der Waals surface area contributed by atoms with Crippen molar-refractivity contribution in [3.63, 3.8) is 0 Å². The fourth-order valence-electron chi connectivity index (χ4n) is 6.07. The van der Waals surface area contributed by atoms with E-state index < -0.39 is 13.9 Å². The first-order chi connectivity index (χ1) is 14.5. The Morgan fingerprint density at radius 3 is 2.20 bits per heavy atom. The molecule has 30 heavy (non-hydrogen) atoms. The summed E-state index contributed by atoms with van der Waals surface area (Å²) in [6.45, 7) is 5.01. The molecule has 1 aromatic rings. The molecule has 168 valence electrons. The van der Waals surface area contributed by atoms with Crippen molar-refractivity contribution in [2.45, 2.75) is 102 Å². The van der Waals surface area contributed by atoms with Crippen LogP contribution in [0.2, 0.25) is 24.7 Å². The molecule has 0 bridgehead atoms. The molecule has 1 saturated carbocycles. The van der Waals surface area contributed by atoms with Crippen molar-refractivity contribution >= 4 is 13.9 Å². The Kier molecular flexibility index (Phi) is 9.16. The minimum atomic E-state index is -0.904. The zero-order chi connectivity index (χ0) is 21.4. The lowest BCUT2D eigenvalue weighted by molar-refractivity contribution is 0.185. The third kappa shape index (κ3) is 6.77. The average Bonchev–Trinajstić information content (AvgIpc) is 2.78. The molecule has 1 aliphatic heterocycles. The van der Waals surface area contributed by atoms with Crippen molar-refractivity contribution in [1.82, 2.24) is 0 Å². The maximum Gasteiger partial charge on any atom is 0.158 e. The largest absolute Gasteiger partial charge is 0.212 e. The third-order valence-electron chi connectivity index (χ3n) is 8.35. The molecule has 0 nitrogen and oxygen atoms in total. The van der Waals surface area contributed by atoms with Crippen LogP contribution in [0.15, 0.2) is 30.6 Å². The summed E-state index contributed by atoms with van der Waals surface area (Å²) in [7, 11) is -0.904. The molecule has 1 aromatic carbocycles. The Bertz CT molecular complexity index is 650. The molecule has 3 heteroatoms. The van der Waals surface area contributed by atoms with Gasteiger partial charge in [0, 0.05) is 5.56 Å². The molecule has 0 spiro atoms. The molecule has 0 aromatic heterocycles. The van der Waals surface area contributed by atoms with Gasteiger partial charge in [0.1, 0.15) is 6.33 Å². The number of unbranched alkanes of at least 4 members (excludes halogenated alkanes) is 2. The van der Waals surface area contributed by atoms with Gasteiger partial charge in [-0.1, -0.05) is 101 Å². The predicted octanol–water partition coefficient (Wildman–Crippen LogP) is 9.34. The molecule has 1 heterocycles. The van der Waals surface area contributed by atoms with Crippen molar-refractivity contribution in [1.29, 1.82) is 0 Å². The molecule has 0 N–H and O–H groups in total. The minimum Gasteiger partial charge on any atom is -0.212 e. The summed E-state index contributed by atoms with van der Waals surface area (Å²) in [5.41, 5.74) is 1.57. The van der Waals surface area contributed by atoms with Crippen LogP contribution in [0.1, 0.15) is 82.3 Å². The highest BCUT2D eigenvalue weighted by molar-refractivity contribution is 6.78. The van der Waals surface area contributed by atoms with E-state index in [1.807, 2.05) is 12.1 Å². The van der Waals surface area contributed by atoms with Crippen LogP contribution in [0.4, 0.5) is 8.78 Å². The molecule has 0 unspecified atom stereocenters. The number of benzene rings is 1. The Morgan fingerprint density at radius 1 is 0.967 bits per heavy atom. The van der Waals surface area contributed by atoms with E-state index >= 15 is 0 Å². The van der Waals surface area contributed by atoms with Crippen LogP contribution in [0.3, 0.4) is 0 Å². The fraction of sp³-hybridized carbons (Fsp3) is 0.704. The van der Waals surface area contributed by atoms with Gasteiger partial charge in [0.05, 0.1) is 8.07 Å². The monoisotopic (exact) mass is 432 g/mol. The summed E-state index contributed by atoms with van der Waals surface area (Å²) in [5, 5.41) is 0. The highest BCUT2D eigenvalue weighted by atomic mass is 28.3. The van der Waals surface area contributed by atoms with E-state index in [0.29, 0.717) is 5.56 Å². The number of hydrogen-bond acceptors (Lipinski definition) is 0. The SMILES string of the molecule is CCCCC[Si]1(C)CCC([C@H]2CC[C@H](CCc3ccc(/C(F)=C/F)cc3)CC2)CC1. The second-order valence-electron chi connectivity index (χ2n) is 10.6. The summed E-state index contributed by atoms with van der Waals surface area (Å²) in [6, 6.07) is 12.1. The Morgan fingerprint density at radius 2 is 1.60 bits per heavy atom. The molecule has 1 aliphatic carbocycles. The van der Waals surface area contributed by atoms with Crippen LogP contribution in [-0.2, 0) is 6.42 Å². The van der Waals surface area contributed by atoms with Crippen molar-refractivity contribution in [2.24, 2.45) is 17.8 Å². The van der Waals surface area contributed by atoms with Gasteiger partial charge in [-0.2, -0.15) is 0 Å². The van der Waals surface area contributed by atoms with E-state index in [0.717, 1.165) is 24.2 Å². The van der Waals surface area contributed by atoms with Gasteiger partial charge in [-0.05, 0) is 49.0 Å². The third-order valence-corrected chi connectivity index (χ3v) is 12.9. The first-order valence-corrected chi connectivity index (χ1v) is 15.7. The molecular formula is C27H42F2Si. The number of hydrogen-bond donors (Lipinski definition) is 0. The van der Waals surface area contributed by atoms with Gasteiger partial charge in [0.15, 0.2) is 5.83 Å². The topological polar surface area (TPSA) is 0 Å². The minimum absolute atomic E-state index is 0.0366. The quantitative estimate of drug-likeness (QED) is 0.269. The van der Waals surface area contributed by atoms with Gasteiger partial charge < -0.3 is 0 Å². The maximum absolute atomic E-state index is 13.3. The van der Waals surface area contributed by atoms with E-state index in [-0.39, 0.29) is 6.33 Å². The average molecular weight is 433 g/mol. The zero-order valence-electron chi connectivity index (χ0n) is 19.3. The molecule has 2 fully saturated rings. The normalized spacial score (nSPS) is 30.4. The van der Waals surface area contributed by atoms with Crippen molar-refractivity contribution in [3.05, 3.63) is 41.7 Å². The van der Waals surface area contributed by atoms with Gasteiger partial charge in [-0.3, -0.25) is 0 Å². The highest BCUT2D eigenvalue weighted by Gasteiger charge is 2.36. The molecule has 0 atom stereocenters. The Labute approximate surface area is 184 Å². The number of aryl methyl sites for hydroxylation is 1. The summed E-state index contributed by atoms with van der Waals surface area (Å²) < 4.78 is 25.6. The smallest absolute Gasteiger partial charge is 0.158 e. The first-order valence-electron chi connectivity index (χ1n) is 12.6. The Hall–Kier alpha value is -0.963. The number of rotatable bonds is 9. The van der Waals surface area contributed by atoms with E-state index in [2.05, 4.69) is 13.5 Å². The zero-order valence-corrected chi connectivity index (χ0v) is 20.3. The van der Waals surface area contributed by atoms with E-state index in [1.165, 1.54) is 69.8 Å². The second kappa shape index (κ2) is 11.6. The van der Waals surface area contributed by atoms with E-state index in [9.17, 15) is 8.78 Å². The van der Waals surface area contributed by atoms with Gasteiger partial charge >= 0.3 is 0 Å². The first kappa shape index (κ1) is 23.7. The summed E-state index contributed by atoms with van der Waals surface area (Å²) in [5.74, 6) is 2.07. The molecular weight excluding hydrogens is 390 g/mol. The van der Waals surface area contributed by atoms with E-state index in [4.69, 9.17) is 0 Å². The molecule has 3 rings (SSSR count). The van der Waals surface area contributed by atoms with Crippen LogP contribution in [0.5, 0.6) is 0 Å². The van der Waals surface area contributed by atoms with Crippen LogP contribution >= 0.6 is 0 Å². The van der Waals surface area contributed by atoms with Gasteiger partial charge in [0.2, 0.25) is 0 Å². The Balaban J connectivity index is 1.36. The lowest BCUT2D eigenvalue weighted by Gasteiger charge is -2.41. The highest BCUT2D eigenvalue weighted by Crippen LogP contribution is 2.44. The maximum atomic E-state index is 13.3. The van der Waals surface area contributed by atoms with Gasteiger partial charge in [-0.25, -0.2) is 8.78 Å². The molecule has 0 amide bonds. The van der Waals surface area contributed by atoms with Crippen LogP contribution in [0.25, 0.3) is 5.83 Å². The second-order valence-corrected chi connectivity index (χ2v) is 15.7. The summed E-state index contributed by atoms with van der Waals surface area (Å²) in [4.78, 5) is 0. The summed E-state index contributed by atoms with van der Waals surface area (Å²) in [6.07, 6.45) is 15.3. The molecule has 0 radical (unpaired) electrons. The lowest BCUT2D eigenvalue weighted by Crippen LogP contribution is -2.37. The van der Waals surface area contributed by atoms with Gasteiger partial charge in [0.25, 0.3) is 0 Å². The van der Waals surface area contributed by atoms with E-state index in [1.54, 1.807) is 30.3 Å². The standard InChI is InChI=1S/C27H42F2Si/c1-3-4-5-18-30(2)19-16-25(17-20-30)24-12-8-22(9-13-24)6-7-23-10-14-26(15-11-23)27(29)21-28/h10-11,14-15,21-22,24-25H,3-9,12-13,16-20H2,1-2H3/b27-21-/t22-,24-,25?,30?. The number of halogens is 2. The van der Waals surface area contributed by atoms with Crippen LogP contribution < -0.4 is 0 Å². The summed E-state index contributed by atoms with van der Waals surface area (Å²) >= 11 is 0. The van der Waals surface area contributed by atoms with Crippen LogP contribution in [0, 0.1) is 17.8 Å². The van der Waals surface area contributed by atoms with Crippen LogP contribution in [-0.4, -0.2) is 8.07 Å².